The number of hydrogen-bond acceptors (Lipinski definition) is 2. The van der Waals surface area contributed by atoms with Crippen molar-refractivity contribution in [2.75, 3.05) is 0 Å². The van der Waals surface area contributed by atoms with Gasteiger partial charge in [-0.2, -0.15) is 0 Å². The maximum absolute atomic E-state index is 12.8. The summed E-state index contributed by atoms with van der Waals surface area (Å²) in [4.78, 5) is 4.39. The first kappa shape index (κ1) is 10.7. The highest BCUT2D eigenvalue weighted by atomic mass is 19.1. The summed E-state index contributed by atoms with van der Waals surface area (Å²) in [6, 6.07) is 15.8. The molecule has 0 bridgehead atoms. The van der Waals surface area contributed by atoms with Gasteiger partial charge in [-0.05, 0) is 36.4 Å². The van der Waals surface area contributed by atoms with Gasteiger partial charge in [-0.3, -0.25) is 0 Å². The first-order valence-electron chi connectivity index (χ1n) is 5.60. The van der Waals surface area contributed by atoms with Crippen molar-refractivity contribution in [3.8, 4) is 22.7 Å². The summed E-state index contributed by atoms with van der Waals surface area (Å²) in [6.45, 7) is 0. The fraction of sp³-hybridized carbons (Fsp3) is 0. The predicted molar refractivity (Wildman–Crippen MR) is 67.3 cm³/mol. The first-order chi connectivity index (χ1) is 8.83. The Labute approximate surface area is 104 Å². The van der Waals surface area contributed by atoms with Gasteiger partial charge in [0.1, 0.15) is 17.8 Å². The molecule has 0 N–H and O–H groups in total. The van der Waals surface area contributed by atoms with Crippen LogP contribution in [-0.4, -0.2) is 4.98 Å². The Morgan fingerprint density at radius 3 is 2.28 bits per heavy atom. The topological polar surface area (TPSA) is 26.0 Å². The second-order valence-corrected chi connectivity index (χ2v) is 3.91. The molecule has 3 rings (SSSR count). The molecular weight excluding hydrogens is 229 g/mol. The van der Waals surface area contributed by atoms with Crippen molar-refractivity contribution in [1.82, 2.24) is 4.98 Å². The lowest BCUT2D eigenvalue weighted by atomic mass is 10.2. The van der Waals surface area contributed by atoms with Gasteiger partial charge < -0.3 is 4.42 Å². The fourth-order valence-electron chi connectivity index (χ4n) is 1.74. The third kappa shape index (κ3) is 2.02. The number of halogens is 1. The largest absolute Gasteiger partial charge is 0.444 e. The van der Waals surface area contributed by atoms with Crippen LogP contribution in [0.25, 0.3) is 22.7 Å². The van der Waals surface area contributed by atoms with Crippen molar-refractivity contribution >= 4 is 0 Å². The van der Waals surface area contributed by atoms with Gasteiger partial charge in [-0.1, -0.05) is 18.2 Å². The van der Waals surface area contributed by atoms with Crippen molar-refractivity contribution in [2.45, 2.75) is 0 Å². The monoisotopic (exact) mass is 239 g/mol. The standard InChI is InChI=1S/C15H10FNO/c16-13-8-6-11(7-9-13)14-10-18-15(17-14)12-4-2-1-3-5-12/h1-10H. The summed E-state index contributed by atoms with van der Waals surface area (Å²) in [7, 11) is 0. The van der Waals surface area contributed by atoms with Crippen LogP contribution in [0.15, 0.2) is 65.3 Å². The molecule has 0 spiro atoms. The lowest BCUT2D eigenvalue weighted by molar-refractivity contribution is 0.575. The Kier molecular flexibility index (Phi) is 2.65. The average molecular weight is 239 g/mol. The molecule has 1 heterocycles. The van der Waals surface area contributed by atoms with Crippen molar-refractivity contribution in [3.63, 3.8) is 0 Å². The maximum atomic E-state index is 12.8. The van der Waals surface area contributed by atoms with Crippen LogP contribution in [0.3, 0.4) is 0 Å². The summed E-state index contributed by atoms with van der Waals surface area (Å²) >= 11 is 0. The number of hydrogen-bond donors (Lipinski definition) is 0. The van der Waals surface area contributed by atoms with E-state index < -0.39 is 0 Å². The van der Waals surface area contributed by atoms with Crippen molar-refractivity contribution in [1.29, 1.82) is 0 Å². The summed E-state index contributed by atoms with van der Waals surface area (Å²) in [6.07, 6.45) is 1.58. The predicted octanol–water partition coefficient (Wildman–Crippen LogP) is 4.15. The smallest absolute Gasteiger partial charge is 0.226 e. The Hall–Kier alpha value is -2.42. The quantitative estimate of drug-likeness (QED) is 0.671. The highest BCUT2D eigenvalue weighted by Gasteiger charge is 2.07. The van der Waals surface area contributed by atoms with Gasteiger partial charge in [-0.25, -0.2) is 9.37 Å². The second-order valence-electron chi connectivity index (χ2n) is 3.91. The first-order valence-corrected chi connectivity index (χ1v) is 5.60. The molecule has 0 radical (unpaired) electrons. The van der Waals surface area contributed by atoms with E-state index in [9.17, 15) is 4.39 Å². The van der Waals surface area contributed by atoms with Crippen LogP contribution in [-0.2, 0) is 0 Å². The molecule has 0 saturated carbocycles. The molecule has 3 heteroatoms. The molecule has 88 valence electrons. The lowest BCUT2D eigenvalue weighted by Crippen LogP contribution is -1.80. The molecule has 0 amide bonds. The summed E-state index contributed by atoms with van der Waals surface area (Å²) in [5.74, 6) is 0.306. The number of aromatic nitrogens is 1. The SMILES string of the molecule is Fc1ccc(-c2coc(-c3ccccc3)n2)cc1. The third-order valence-electron chi connectivity index (χ3n) is 2.66. The van der Waals surface area contributed by atoms with Crippen LogP contribution in [0.2, 0.25) is 0 Å². The molecule has 3 aromatic rings. The highest BCUT2D eigenvalue weighted by molar-refractivity contribution is 5.62. The number of nitrogens with zero attached hydrogens (tertiary/aromatic N) is 1. The van der Waals surface area contributed by atoms with Crippen molar-refractivity contribution in [3.05, 3.63) is 66.7 Å². The van der Waals surface area contributed by atoms with Gasteiger partial charge in [0.2, 0.25) is 5.89 Å². The molecule has 0 aliphatic carbocycles. The van der Waals surface area contributed by atoms with E-state index in [1.807, 2.05) is 30.3 Å². The van der Waals surface area contributed by atoms with E-state index in [-0.39, 0.29) is 5.82 Å². The van der Waals surface area contributed by atoms with Gasteiger partial charge in [0.05, 0.1) is 0 Å². The fourth-order valence-corrected chi connectivity index (χ4v) is 1.74. The van der Waals surface area contributed by atoms with E-state index in [0.29, 0.717) is 11.6 Å². The molecule has 0 aliphatic heterocycles. The molecule has 2 aromatic carbocycles. The van der Waals surface area contributed by atoms with Crippen LogP contribution in [0.4, 0.5) is 4.39 Å². The Morgan fingerprint density at radius 1 is 0.833 bits per heavy atom. The molecule has 1 aromatic heterocycles. The Morgan fingerprint density at radius 2 is 1.56 bits per heavy atom. The molecular formula is C15H10FNO. The Balaban J connectivity index is 1.97. The van der Waals surface area contributed by atoms with Gasteiger partial charge in [0.25, 0.3) is 0 Å². The van der Waals surface area contributed by atoms with E-state index in [1.165, 1.54) is 12.1 Å². The molecule has 2 nitrogen and oxygen atoms in total. The normalized spacial score (nSPS) is 10.5. The van der Waals surface area contributed by atoms with Crippen LogP contribution < -0.4 is 0 Å². The van der Waals surface area contributed by atoms with Crippen LogP contribution in [0, 0.1) is 5.82 Å². The van der Waals surface area contributed by atoms with E-state index in [0.717, 1.165) is 11.1 Å². The minimum atomic E-state index is -0.259. The number of benzene rings is 2. The van der Waals surface area contributed by atoms with Crippen LogP contribution >= 0.6 is 0 Å². The summed E-state index contributed by atoms with van der Waals surface area (Å²) < 4.78 is 18.3. The minimum absolute atomic E-state index is 0.259. The lowest BCUT2D eigenvalue weighted by Gasteiger charge is -1.94. The summed E-state index contributed by atoms with van der Waals surface area (Å²) in [5, 5.41) is 0. The van der Waals surface area contributed by atoms with Gasteiger partial charge >= 0.3 is 0 Å². The molecule has 0 unspecified atom stereocenters. The number of oxazole rings is 1. The molecule has 0 saturated heterocycles. The average Bonchev–Trinajstić information content (AvgIpc) is 2.90. The van der Waals surface area contributed by atoms with E-state index in [1.54, 1.807) is 18.4 Å². The third-order valence-corrected chi connectivity index (χ3v) is 2.66. The van der Waals surface area contributed by atoms with E-state index >= 15 is 0 Å². The van der Waals surface area contributed by atoms with Gasteiger partial charge in [0, 0.05) is 11.1 Å². The Bertz CT molecular complexity index is 644. The summed E-state index contributed by atoms with van der Waals surface area (Å²) in [5.41, 5.74) is 2.46. The number of rotatable bonds is 2. The van der Waals surface area contributed by atoms with Gasteiger partial charge in [0.15, 0.2) is 0 Å². The van der Waals surface area contributed by atoms with Gasteiger partial charge in [-0.15, -0.1) is 0 Å². The van der Waals surface area contributed by atoms with Crippen molar-refractivity contribution < 1.29 is 8.81 Å². The van der Waals surface area contributed by atoms with E-state index in [4.69, 9.17) is 4.42 Å². The molecule has 0 atom stereocenters. The molecule has 0 aliphatic rings. The van der Waals surface area contributed by atoms with Crippen LogP contribution in [0.1, 0.15) is 0 Å². The maximum Gasteiger partial charge on any atom is 0.226 e. The zero-order valence-corrected chi connectivity index (χ0v) is 9.51. The highest BCUT2D eigenvalue weighted by Crippen LogP contribution is 2.24. The zero-order chi connectivity index (χ0) is 12.4. The van der Waals surface area contributed by atoms with Crippen LogP contribution in [0.5, 0.6) is 0 Å². The second kappa shape index (κ2) is 4.45. The molecule has 18 heavy (non-hydrogen) atoms. The van der Waals surface area contributed by atoms with E-state index in [2.05, 4.69) is 4.98 Å². The zero-order valence-electron chi connectivity index (χ0n) is 9.51. The molecule has 0 fully saturated rings. The minimum Gasteiger partial charge on any atom is -0.444 e. The van der Waals surface area contributed by atoms with Crippen molar-refractivity contribution in [2.24, 2.45) is 0 Å².